The summed E-state index contributed by atoms with van der Waals surface area (Å²) in [6, 6.07) is 0. The number of aliphatic carboxylic acids is 1. The van der Waals surface area contributed by atoms with Crippen LogP contribution in [0.25, 0.3) is 0 Å². The number of hydrogen-bond acceptors (Lipinski definition) is 2. The lowest BCUT2D eigenvalue weighted by molar-refractivity contribution is -0.146. The van der Waals surface area contributed by atoms with Gasteiger partial charge in [0.05, 0.1) is 12.0 Å². The monoisotopic (exact) mass is 258 g/mol. The first-order valence-corrected chi connectivity index (χ1v) is 7.54. The van der Waals surface area contributed by atoms with Gasteiger partial charge in [-0.2, -0.15) is 0 Å². The molecule has 108 valence electrons. The fourth-order valence-corrected chi connectivity index (χ4v) is 2.25. The summed E-state index contributed by atoms with van der Waals surface area (Å²) in [7, 11) is 0. The van der Waals surface area contributed by atoms with Gasteiger partial charge in [-0.05, 0) is 12.8 Å². The Morgan fingerprint density at radius 2 is 1.39 bits per heavy atom. The second-order valence-electron chi connectivity index (χ2n) is 5.21. The molecule has 0 radical (unpaired) electrons. The van der Waals surface area contributed by atoms with Crippen molar-refractivity contribution in [3.8, 4) is 0 Å². The predicted molar refractivity (Wildman–Crippen MR) is 74.7 cm³/mol. The molecule has 0 aromatic carbocycles. The van der Waals surface area contributed by atoms with E-state index in [0.29, 0.717) is 12.8 Å². The molecule has 0 fully saturated rings. The van der Waals surface area contributed by atoms with Gasteiger partial charge in [0, 0.05) is 0 Å². The third kappa shape index (κ3) is 8.51. The summed E-state index contributed by atoms with van der Waals surface area (Å²) in [4.78, 5) is 11.1. The van der Waals surface area contributed by atoms with Gasteiger partial charge in [0.15, 0.2) is 0 Å². The molecule has 0 aliphatic rings. The van der Waals surface area contributed by atoms with Crippen molar-refractivity contribution in [1.29, 1.82) is 0 Å². The van der Waals surface area contributed by atoms with E-state index in [0.717, 1.165) is 44.9 Å². The molecular formula is C15H30O3. The van der Waals surface area contributed by atoms with Crippen molar-refractivity contribution in [3.05, 3.63) is 0 Å². The Morgan fingerprint density at radius 3 is 1.83 bits per heavy atom. The van der Waals surface area contributed by atoms with E-state index in [1.54, 1.807) is 0 Å². The standard InChI is InChI=1S/C15H30O3/c1-3-5-7-9-11-13(15(17)18)14(16)12-10-8-6-4-2/h13-14,16H,3-12H2,1-2H3,(H,17,18)/t13-,14+/m0/s1. The summed E-state index contributed by atoms with van der Waals surface area (Å²) < 4.78 is 0. The van der Waals surface area contributed by atoms with Crippen LogP contribution in [0.15, 0.2) is 0 Å². The molecule has 0 unspecified atom stereocenters. The van der Waals surface area contributed by atoms with Crippen LogP contribution in [-0.4, -0.2) is 22.3 Å². The summed E-state index contributed by atoms with van der Waals surface area (Å²) in [5, 5.41) is 19.1. The topological polar surface area (TPSA) is 57.5 Å². The van der Waals surface area contributed by atoms with Crippen LogP contribution in [0, 0.1) is 5.92 Å². The molecule has 0 rings (SSSR count). The minimum atomic E-state index is -0.838. The van der Waals surface area contributed by atoms with E-state index in [1.807, 2.05) is 0 Å². The Morgan fingerprint density at radius 1 is 0.889 bits per heavy atom. The first-order chi connectivity index (χ1) is 8.63. The smallest absolute Gasteiger partial charge is 0.309 e. The van der Waals surface area contributed by atoms with Crippen molar-refractivity contribution in [1.82, 2.24) is 0 Å². The summed E-state index contributed by atoms with van der Waals surface area (Å²) in [5.41, 5.74) is 0. The molecular weight excluding hydrogens is 228 g/mol. The first-order valence-electron chi connectivity index (χ1n) is 7.54. The third-order valence-electron chi connectivity index (χ3n) is 3.50. The van der Waals surface area contributed by atoms with Crippen molar-refractivity contribution in [2.75, 3.05) is 0 Å². The highest BCUT2D eigenvalue weighted by atomic mass is 16.4. The van der Waals surface area contributed by atoms with E-state index in [1.165, 1.54) is 6.42 Å². The van der Waals surface area contributed by atoms with Crippen LogP contribution >= 0.6 is 0 Å². The van der Waals surface area contributed by atoms with E-state index >= 15 is 0 Å². The number of carboxylic acids is 1. The van der Waals surface area contributed by atoms with Crippen LogP contribution in [0.4, 0.5) is 0 Å². The third-order valence-corrected chi connectivity index (χ3v) is 3.50. The quantitative estimate of drug-likeness (QED) is 0.520. The van der Waals surface area contributed by atoms with E-state index in [4.69, 9.17) is 5.11 Å². The zero-order valence-electron chi connectivity index (χ0n) is 12.0. The SMILES string of the molecule is CCCCCC[C@@H](O)[C@H](CCCCCC)C(=O)O. The minimum Gasteiger partial charge on any atom is -0.481 e. The van der Waals surface area contributed by atoms with Crippen LogP contribution < -0.4 is 0 Å². The second kappa shape index (κ2) is 11.5. The van der Waals surface area contributed by atoms with Crippen molar-refractivity contribution >= 4 is 5.97 Å². The molecule has 0 amide bonds. The zero-order chi connectivity index (χ0) is 13.8. The van der Waals surface area contributed by atoms with Crippen LogP contribution in [0.2, 0.25) is 0 Å². The molecule has 0 aromatic heterocycles. The maximum Gasteiger partial charge on any atom is 0.309 e. The summed E-state index contributed by atoms with van der Waals surface area (Å²) in [6.07, 6.45) is 9.23. The average molecular weight is 258 g/mol. The molecule has 0 aliphatic carbocycles. The Kier molecular flexibility index (Phi) is 11.2. The highest BCUT2D eigenvalue weighted by Crippen LogP contribution is 2.19. The number of hydrogen-bond donors (Lipinski definition) is 2. The van der Waals surface area contributed by atoms with Crippen molar-refractivity contribution in [2.45, 2.75) is 84.2 Å². The summed E-state index contributed by atoms with van der Waals surface area (Å²) in [6.45, 7) is 4.28. The summed E-state index contributed by atoms with van der Waals surface area (Å²) in [5.74, 6) is -1.40. The number of unbranched alkanes of at least 4 members (excludes halogenated alkanes) is 6. The lowest BCUT2D eigenvalue weighted by atomic mass is 9.92. The maximum absolute atomic E-state index is 11.1. The number of carboxylic acid groups (broad SMARTS) is 1. The molecule has 2 atom stereocenters. The number of aliphatic hydroxyl groups is 1. The normalized spacial score (nSPS) is 14.4. The van der Waals surface area contributed by atoms with Crippen LogP contribution in [-0.2, 0) is 4.79 Å². The van der Waals surface area contributed by atoms with Crippen LogP contribution in [0.1, 0.15) is 78.1 Å². The lowest BCUT2D eigenvalue weighted by Gasteiger charge is -2.19. The highest BCUT2D eigenvalue weighted by molar-refractivity contribution is 5.70. The Balaban J connectivity index is 3.88. The van der Waals surface area contributed by atoms with Gasteiger partial charge in [-0.1, -0.05) is 65.2 Å². The molecule has 3 heteroatoms. The fourth-order valence-electron chi connectivity index (χ4n) is 2.25. The van der Waals surface area contributed by atoms with E-state index < -0.39 is 18.0 Å². The number of aliphatic hydroxyl groups excluding tert-OH is 1. The molecule has 0 aliphatic heterocycles. The zero-order valence-corrected chi connectivity index (χ0v) is 12.0. The van der Waals surface area contributed by atoms with Crippen molar-refractivity contribution in [2.24, 2.45) is 5.92 Å². The highest BCUT2D eigenvalue weighted by Gasteiger charge is 2.25. The molecule has 0 aromatic rings. The van der Waals surface area contributed by atoms with Crippen molar-refractivity contribution in [3.63, 3.8) is 0 Å². The maximum atomic E-state index is 11.1. The first kappa shape index (κ1) is 17.4. The molecule has 0 saturated carbocycles. The van der Waals surface area contributed by atoms with Gasteiger partial charge in [0.25, 0.3) is 0 Å². The van der Waals surface area contributed by atoms with Gasteiger partial charge in [0.2, 0.25) is 0 Å². The number of carbonyl (C=O) groups is 1. The van der Waals surface area contributed by atoms with Crippen molar-refractivity contribution < 1.29 is 15.0 Å². The van der Waals surface area contributed by atoms with Gasteiger partial charge in [0.1, 0.15) is 0 Å². The van der Waals surface area contributed by atoms with Gasteiger partial charge < -0.3 is 10.2 Å². The predicted octanol–water partition coefficient (Wildman–Crippen LogP) is 3.99. The van der Waals surface area contributed by atoms with E-state index in [-0.39, 0.29) is 0 Å². The Hall–Kier alpha value is -0.570. The molecule has 3 nitrogen and oxygen atoms in total. The second-order valence-corrected chi connectivity index (χ2v) is 5.21. The van der Waals surface area contributed by atoms with Crippen LogP contribution in [0.3, 0.4) is 0 Å². The Bertz CT molecular complexity index is 204. The van der Waals surface area contributed by atoms with E-state index in [2.05, 4.69) is 13.8 Å². The molecule has 2 N–H and O–H groups in total. The minimum absolute atomic E-state index is 0.566. The largest absolute Gasteiger partial charge is 0.481 e. The van der Waals surface area contributed by atoms with E-state index in [9.17, 15) is 9.90 Å². The van der Waals surface area contributed by atoms with Gasteiger partial charge >= 0.3 is 5.97 Å². The summed E-state index contributed by atoms with van der Waals surface area (Å²) >= 11 is 0. The molecule has 0 spiro atoms. The van der Waals surface area contributed by atoms with Gasteiger partial charge in [-0.15, -0.1) is 0 Å². The van der Waals surface area contributed by atoms with Crippen LogP contribution in [0.5, 0.6) is 0 Å². The number of rotatable bonds is 12. The lowest BCUT2D eigenvalue weighted by Crippen LogP contribution is -2.28. The Labute approximate surface area is 112 Å². The molecule has 0 bridgehead atoms. The molecule has 0 heterocycles. The average Bonchev–Trinajstić information content (AvgIpc) is 2.34. The van der Waals surface area contributed by atoms with Gasteiger partial charge in [-0.25, -0.2) is 0 Å². The fraction of sp³-hybridized carbons (Fsp3) is 0.933. The van der Waals surface area contributed by atoms with Gasteiger partial charge in [-0.3, -0.25) is 4.79 Å². The molecule has 18 heavy (non-hydrogen) atoms. The molecule has 0 saturated heterocycles.